The van der Waals surface area contributed by atoms with E-state index in [0.717, 1.165) is 46.2 Å². The van der Waals surface area contributed by atoms with Gasteiger partial charge in [-0.15, -0.1) is 0 Å². The summed E-state index contributed by atoms with van der Waals surface area (Å²) in [5, 5.41) is 11.8. The molecular weight excluding hydrogens is 568 g/mol. The van der Waals surface area contributed by atoms with E-state index in [4.69, 9.17) is 9.41 Å². The van der Waals surface area contributed by atoms with Crippen molar-refractivity contribution in [1.29, 1.82) is 0 Å². The topological polar surface area (TPSA) is 42.4 Å². The van der Waals surface area contributed by atoms with Gasteiger partial charge in [0.25, 0.3) is 0 Å². The Bertz CT molecular complexity index is 1070. The van der Waals surface area contributed by atoms with Crippen LogP contribution in [-0.4, -0.2) is 18.4 Å². The summed E-state index contributed by atoms with van der Waals surface area (Å²) in [6.07, 6.45) is 5.62. The Hall–Kier alpha value is -0.833. The molecule has 1 heterocycles. The van der Waals surface area contributed by atoms with Gasteiger partial charge in [0, 0.05) is 26.3 Å². The Morgan fingerprint density at radius 2 is 1.74 bits per heavy atom. The lowest BCUT2D eigenvalue weighted by Crippen LogP contribution is -2.44. The molecule has 2 aromatic rings. The standard InChI is InChI=1S/C29H41FINO2Si/c1-28(2,3)35(6,7)34-22-17-29(4,5)16-21-23(22)25(31)24(26(32-21)18-10-8-9-11-18)27(33)19-12-14-20(30)15-13-19/h12-15,18,22,27,33H,8-11,16-17H2,1-7H3/t22-,27?/m0/s1. The van der Waals surface area contributed by atoms with Crippen LogP contribution in [0.5, 0.6) is 0 Å². The van der Waals surface area contributed by atoms with Gasteiger partial charge in [0.05, 0.1) is 11.8 Å². The molecule has 35 heavy (non-hydrogen) atoms. The molecule has 0 radical (unpaired) electrons. The number of fused-ring (bicyclic) bond motifs is 1. The summed E-state index contributed by atoms with van der Waals surface area (Å²) in [7, 11) is -2.04. The Balaban J connectivity index is 1.89. The third kappa shape index (κ3) is 5.55. The fraction of sp³-hybridized carbons (Fsp3) is 0.621. The van der Waals surface area contributed by atoms with E-state index >= 15 is 0 Å². The first-order valence-electron chi connectivity index (χ1n) is 13.0. The monoisotopic (exact) mass is 609 g/mol. The van der Waals surface area contributed by atoms with Crippen molar-refractivity contribution in [2.45, 2.75) is 109 Å². The number of aliphatic hydroxyl groups excluding tert-OH is 1. The van der Waals surface area contributed by atoms with Crippen LogP contribution in [0.15, 0.2) is 24.3 Å². The van der Waals surface area contributed by atoms with E-state index in [9.17, 15) is 9.50 Å². The van der Waals surface area contributed by atoms with Crippen LogP contribution < -0.4 is 0 Å². The molecule has 192 valence electrons. The third-order valence-electron chi connectivity index (χ3n) is 8.47. The zero-order valence-corrected chi connectivity index (χ0v) is 25.5. The maximum atomic E-state index is 13.7. The van der Waals surface area contributed by atoms with E-state index in [1.807, 2.05) is 0 Å². The molecule has 0 aliphatic heterocycles. The number of aliphatic hydroxyl groups is 1. The molecule has 1 aromatic heterocycles. The van der Waals surface area contributed by atoms with Gasteiger partial charge < -0.3 is 9.53 Å². The van der Waals surface area contributed by atoms with Gasteiger partial charge in [0.1, 0.15) is 11.9 Å². The van der Waals surface area contributed by atoms with Crippen molar-refractivity contribution in [2.75, 3.05) is 0 Å². The number of aromatic nitrogens is 1. The molecule has 3 nitrogen and oxygen atoms in total. The van der Waals surface area contributed by atoms with Crippen LogP contribution in [0.25, 0.3) is 0 Å². The predicted octanol–water partition coefficient (Wildman–Crippen LogP) is 8.60. The van der Waals surface area contributed by atoms with E-state index in [2.05, 4.69) is 70.3 Å². The van der Waals surface area contributed by atoms with Crippen molar-refractivity contribution in [3.05, 3.63) is 61.7 Å². The predicted molar refractivity (Wildman–Crippen MR) is 152 cm³/mol. The second-order valence-electron chi connectivity index (χ2n) is 12.9. The number of halogens is 2. The average molecular weight is 610 g/mol. The van der Waals surface area contributed by atoms with E-state index in [1.165, 1.54) is 30.5 Å². The van der Waals surface area contributed by atoms with Gasteiger partial charge >= 0.3 is 0 Å². The fourth-order valence-electron chi connectivity index (χ4n) is 5.46. The van der Waals surface area contributed by atoms with E-state index < -0.39 is 14.4 Å². The molecule has 0 spiro atoms. The second kappa shape index (κ2) is 9.80. The van der Waals surface area contributed by atoms with Crippen LogP contribution in [-0.2, 0) is 10.8 Å². The van der Waals surface area contributed by atoms with Crippen LogP contribution in [0.2, 0.25) is 18.1 Å². The molecular formula is C29H41FINO2Si. The first-order valence-corrected chi connectivity index (χ1v) is 17.0. The van der Waals surface area contributed by atoms with Gasteiger partial charge in [-0.05, 0) is 89.5 Å². The normalized spacial score (nSPS) is 21.7. The number of hydrogen-bond donors (Lipinski definition) is 1. The molecule has 2 atom stereocenters. The molecule has 6 heteroatoms. The van der Waals surface area contributed by atoms with E-state index in [-0.39, 0.29) is 22.4 Å². The van der Waals surface area contributed by atoms with Crippen molar-refractivity contribution in [3.63, 3.8) is 0 Å². The number of benzene rings is 1. The zero-order valence-electron chi connectivity index (χ0n) is 22.3. The Morgan fingerprint density at radius 1 is 1.14 bits per heavy atom. The zero-order chi connectivity index (χ0) is 25.8. The molecule has 1 unspecified atom stereocenters. The molecule has 4 rings (SSSR count). The quantitative estimate of drug-likeness (QED) is 0.273. The summed E-state index contributed by atoms with van der Waals surface area (Å²) < 4.78 is 21.8. The minimum atomic E-state index is -2.04. The Kier molecular flexibility index (Phi) is 7.62. The third-order valence-corrected chi connectivity index (χ3v) is 14.1. The molecule has 1 N–H and O–H groups in total. The minimum Gasteiger partial charge on any atom is -0.410 e. The summed E-state index contributed by atoms with van der Waals surface area (Å²) in [5.41, 5.74) is 5.08. The van der Waals surface area contributed by atoms with Crippen LogP contribution in [0.3, 0.4) is 0 Å². The highest BCUT2D eigenvalue weighted by Gasteiger charge is 2.44. The van der Waals surface area contributed by atoms with Crippen LogP contribution >= 0.6 is 22.6 Å². The van der Waals surface area contributed by atoms with Gasteiger partial charge in [-0.1, -0.05) is 59.6 Å². The highest BCUT2D eigenvalue weighted by Crippen LogP contribution is 2.51. The SMILES string of the molecule is CC1(C)Cc2nc(C3CCCC3)c(C(O)c3ccc(F)cc3)c(I)c2[C@@H](O[Si](C)(C)C(C)(C)C)C1. The number of nitrogens with zero attached hydrogens (tertiary/aromatic N) is 1. The van der Waals surface area contributed by atoms with Crippen molar-refractivity contribution in [3.8, 4) is 0 Å². The van der Waals surface area contributed by atoms with Crippen molar-refractivity contribution < 1.29 is 13.9 Å². The van der Waals surface area contributed by atoms with Crippen molar-refractivity contribution in [1.82, 2.24) is 4.98 Å². The molecule has 2 aliphatic rings. The largest absolute Gasteiger partial charge is 0.410 e. The van der Waals surface area contributed by atoms with Crippen LogP contribution in [0.4, 0.5) is 4.39 Å². The summed E-state index contributed by atoms with van der Waals surface area (Å²) >= 11 is 2.45. The number of pyridine rings is 1. The van der Waals surface area contributed by atoms with Gasteiger partial charge in [-0.3, -0.25) is 4.98 Å². The summed E-state index contributed by atoms with van der Waals surface area (Å²) in [4.78, 5) is 5.35. The fourth-order valence-corrected chi connectivity index (χ4v) is 7.95. The molecule has 0 bridgehead atoms. The summed E-state index contributed by atoms with van der Waals surface area (Å²) in [6, 6.07) is 6.25. The highest BCUT2D eigenvalue weighted by molar-refractivity contribution is 14.1. The molecule has 1 fully saturated rings. The second-order valence-corrected chi connectivity index (χ2v) is 18.8. The van der Waals surface area contributed by atoms with Crippen molar-refractivity contribution in [2.24, 2.45) is 5.41 Å². The minimum absolute atomic E-state index is 0.0363. The van der Waals surface area contributed by atoms with E-state index in [0.29, 0.717) is 11.5 Å². The van der Waals surface area contributed by atoms with Crippen molar-refractivity contribution >= 4 is 30.9 Å². The highest BCUT2D eigenvalue weighted by atomic mass is 127. The number of hydrogen-bond acceptors (Lipinski definition) is 3. The molecule has 1 aromatic carbocycles. The smallest absolute Gasteiger partial charge is 0.192 e. The number of rotatable bonds is 5. The van der Waals surface area contributed by atoms with E-state index in [1.54, 1.807) is 12.1 Å². The van der Waals surface area contributed by atoms with Crippen LogP contribution in [0, 0.1) is 14.8 Å². The first-order chi connectivity index (χ1) is 16.2. The van der Waals surface area contributed by atoms with Gasteiger partial charge in [0.15, 0.2) is 8.32 Å². The Labute approximate surface area is 225 Å². The lowest BCUT2D eigenvalue weighted by molar-refractivity contribution is 0.104. The first kappa shape index (κ1) is 27.2. The van der Waals surface area contributed by atoms with Gasteiger partial charge in [-0.2, -0.15) is 0 Å². The Morgan fingerprint density at radius 3 is 2.31 bits per heavy atom. The summed E-state index contributed by atoms with van der Waals surface area (Å²) in [5.74, 6) is 0.0732. The van der Waals surface area contributed by atoms with Crippen LogP contribution in [0.1, 0.15) is 113 Å². The lowest BCUT2D eigenvalue weighted by Gasteiger charge is -2.44. The lowest BCUT2D eigenvalue weighted by atomic mass is 9.74. The average Bonchev–Trinajstić information content (AvgIpc) is 3.26. The molecule has 1 saturated carbocycles. The molecule has 0 amide bonds. The maximum Gasteiger partial charge on any atom is 0.192 e. The molecule has 0 saturated heterocycles. The maximum absolute atomic E-state index is 13.7. The summed E-state index contributed by atoms with van der Waals surface area (Å²) in [6.45, 7) is 16.1. The molecule has 2 aliphatic carbocycles. The van der Waals surface area contributed by atoms with Gasteiger partial charge in [-0.25, -0.2) is 4.39 Å². The van der Waals surface area contributed by atoms with Gasteiger partial charge in [0.2, 0.25) is 0 Å².